The van der Waals surface area contributed by atoms with Crippen molar-refractivity contribution in [1.82, 2.24) is 9.97 Å². The quantitative estimate of drug-likeness (QED) is 0.817. The number of aliphatic hydroxyl groups is 1. The van der Waals surface area contributed by atoms with Crippen molar-refractivity contribution in [2.75, 3.05) is 12.9 Å². The molecule has 0 fully saturated rings. The summed E-state index contributed by atoms with van der Waals surface area (Å²) in [5.74, 6) is 1.43. The van der Waals surface area contributed by atoms with Crippen molar-refractivity contribution in [3.63, 3.8) is 0 Å². The van der Waals surface area contributed by atoms with Crippen molar-refractivity contribution in [3.8, 4) is 5.75 Å². The third-order valence-corrected chi connectivity index (χ3v) is 4.18. The Balaban J connectivity index is 2.15. The Morgan fingerprint density at radius 3 is 2.94 bits per heavy atom. The second-order valence-electron chi connectivity index (χ2n) is 4.56. The van der Waals surface area contributed by atoms with Crippen LogP contribution in [0.25, 0.3) is 11.0 Å². The molecule has 5 heteroatoms. The first-order chi connectivity index (χ1) is 8.54. The van der Waals surface area contributed by atoms with Gasteiger partial charge in [0.1, 0.15) is 5.75 Å². The summed E-state index contributed by atoms with van der Waals surface area (Å²) >= 11 is 1.53. The number of hydrogen-bond acceptors (Lipinski definition) is 4. The summed E-state index contributed by atoms with van der Waals surface area (Å²) in [7, 11) is 1.64. The molecule has 1 heterocycles. The van der Waals surface area contributed by atoms with Crippen molar-refractivity contribution in [3.05, 3.63) is 18.2 Å². The fourth-order valence-electron chi connectivity index (χ4n) is 1.49. The first-order valence-corrected chi connectivity index (χ1v) is 6.91. The van der Waals surface area contributed by atoms with Gasteiger partial charge in [-0.3, -0.25) is 0 Å². The number of benzene rings is 1. The third kappa shape index (κ3) is 2.97. The monoisotopic (exact) mass is 266 g/mol. The molecule has 0 bridgehead atoms. The first kappa shape index (κ1) is 13.2. The van der Waals surface area contributed by atoms with Gasteiger partial charge in [-0.15, -0.1) is 0 Å². The van der Waals surface area contributed by atoms with Crippen LogP contribution in [-0.2, 0) is 0 Å². The van der Waals surface area contributed by atoms with Crippen LogP contribution in [0.4, 0.5) is 0 Å². The van der Waals surface area contributed by atoms with E-state index < -0.39 is 5.60 Å². The zero-order valence-corrected chi connectivity index (χ0v) is 11.7. The highest BCUT2D eigenvalue weighted by molar-refractivity contribution is 7.99. The van der Waals surface area contributed by atoms with Gasteiger partial charge in [0, 0.05) is 11.8 Å². The van der Waals surface area contributed by atoms with E-state index in [-0.39, 0.29) is 0 Å². The molecule has 1 aromatic carbocycles. The van der Waals surface area contributed by atoms with Crippen LogP contribution in [0.15, 0.2) is 23.4 Å². The zero-order chi connectivity index (χ0) is 13.2. The molecule has 1 atom stereocenters. The van der Waals surface area contributed by atoms with Crippen molar-refractivity contribution >= 4 is 22.8 Å². The number of H-pyrrole nitrogens is 1. The van der Waals surface area contributed by atoms with Crippen molar-refractivity contribution in [1.29, 1.82) is 0 Å². The number of fused-ring (bicyclic) bond motifs is 1. The van der Waals surface area contributed by atoms with Crippen LogP contribution in [0.5, 0.6) is 5.75 Å². The van der Waals surface area contributed by atoms with Gasteiger partial charge in [-0.1, -0.05) is 18.7 Å². The summed E-state index contributed by atoms with van der Waals surface area (Å²) in [4.78, 5) is 7.69. The molecule has 1 aromatic heterocycles. The van der Waals surface area contributed by atoms with Gasteiger partial charge in [0.2, 0.25) is 0 Å². The topological polar surface area (TPSA) is 58.1 Å². The average Bonchev–Trinajstić information content (AvgIpc) is 2.78. The number of aromatic amines is 1. The smallest absolute Gasteiger partial charge is 0.166 e. The highest BCUT2D eigenvalue weighted by Crippen LogP contribution is 2.26. The summed E-state index contributed by atoms with van der Waals surface area (Å²) in [5.41, 5.74) is 1.21. The lowest BCUT2D eigenvalue weighted by Gasteiger charge is -2.19. The van der Waals surface area contributed by atoms with Crippen molar-refractivity contribution in [2.45, 2.75) is 31.0 Å². The predicted molar refractivity (Wildman–Crippen MR) is 74.3 cm³/mol. The summed E-state index contributed by atoms with van der Waals surface area (Å²) < 4.78 is 5.17. The van der Waals surface area contributed by atoms with E-state index in [4.69, 9.17) is 4.74 Å². The van der Waals surface area contributed by atoms with Gasteiger partial charge in [0.05, 0.1) is 23.7 Å². The van der Waals surface area contributed by atoms with E-state index in [2.05, 4.69) is 9.97 Å². The third-order valence-electron chi connectivity index (χ3n) is 2.95. The Morgan fingerprint density at radius 2 is 2.28 bits per heavy atom. The molecular formula is C13H18N2O2S. The van der Waals surface area contributed by atoms with E-state index in [0.29, 0.717) is 5.75 Å². The Kier molecular flexibility index (Phi) is 3.82. The second kappa shape index (κ2) is 5.20. The van der Waals surface area contributed by atoms with E-state index in [1.165, 1.54) is 11.8 Å². The molecular weight excluding hydrogens is 248 g/mol. The maximum atomic E-state index is 9.96. The molecule has 4 nitrogen and oxygen atoms in total. The minimum Gasteiger partial charge on any atom is -0.497 e. The summed E-state index contributed by atoms with van der Waals surface area (Å²) in [6, 6.07) is 5.73. The molecule has 0 amide bonds. The fraction of sp³-hybridized carbons (Fsp3) is 0.462. The zero-order valence-electron chi connectivity index (χ0n) is 10.9. The Morgan fingerprint density at radius 1 is 1.50 bits per heavy atom. The molecule has 0 saturated carbocycles. The lowest BCUT2D eigenvalue weighted by molar-refractivity contribution is 0.0815. The fourth-order valence-corrected chi connectivity index (χ4v) is 2.48. The standard InChI is InChI=1S/C13H18N2O2S/c1-4-13(2,16)8-18-12-14-10-6-5-9(17-3)7-11(10)15-12/h5-7,16H,4,8H2,1-3H3,(H,14,15). The predicted octanol–water partition coefficient (Wildman–Crippen LogP) is 2.82. The molecule has 2 N–H and O–H groups in total. The number of ether oxygens (including phenoxy) is 1. The van der Waals surface area contributed by atoms with Crippen LogP contribution in [0.2, 0.25) is 0 Å². The minimum absolute atomic E-state index is 0.625. The highest BCUT2D eigenvalue weighted by Gasteiger charge is 2.18. The van der Waals surface area contributed by atoms with Gasteiger partial charge in [-0.2, -0.15) is 0 Å². The highest BCUT2D eigenvalue weighted by atomic mass is 32.2. The summed E-state index contributed by atoms with van der Waals surface area (Å²) in [6.45, 7) is 3.82. The molecule has 0 aliphatic rings. The summed E-state index contributed by atoms with van der Waals surface area (Å²) in [6.07, 6.45) is 0.730. The van der Waals surface area contributed by atoms with Crippen LogP contribution in [0, 0.1) is 0 Å². The van der Waals surface area contributed by atoms with E-state index in [9.17, 15) is 5.11 Å². The van der Waals surface area contributed by atoms with Crippen LogP contribution < -0.4 is 4.74 Å². The van der Waals surface area contributed by atoms with Crippen LogP contribution >= 0.6 is 11.8 Å². The van der Waals surface area contributed by atoms with Crippen LogP contribution in [-0.4, -0.2) is 33.5 Å². The second-order valence-corrected chi connectivity index (χ2v) is 5.53. The van der Waals surface area contributed by atoms with Gasteiger partial charge in [0.15, 0.2) is 5.16 Å². The normalized spacial score (nSPS) is 14.7. The Bertz CT molecular complexity index is 537. The SMILES string of the molecule is CCC(C)(O)CSc1nc2ccc(OC)cc2[nH]1. The maximum Gasteiger partial charge on any atom is 0.166 e. The van der Waals surface area contributed by atoms with Crippen LogP contribution in [0.3, 0.4) is 0 Å². The Hall–Kier alpha value is -1.20. The number of nitrogens with zero attached hydrogens (tertiary/aromatic N) is 1. The van der Waals surface area contributed by atoms with E-state index in [0.717, 1.165) is 28.4 Å². The van der Waals surface area contributed by atoms with E-state index in [1.54, 1.807) is 7.11 Å². The van der Waals surface area contributed by atoms with Gasteiger partial charge in [-0.25, -0.2) is 4.98 Å². The minimum atomic E-state index is -0.651. The molecule has 0 radical (unpaired) electrons. The van der Waals surface area contributed by atoms with Gasteiger partial charge >= 0.3 is 0 Å². The molecule has 18 heavy (non-hydrogen) atoms. The van der Waals surface area contributed by atoms with Gasteiger partial charge in [0.25, 0.3) is 0 Å². The van der Waals surface area contributed by atoms with E-state index in [1.807, 2.05) is 32.0 Å². The molecule has 1 unspecified atom stereocenters. The molecule has 0 aliphatic heterocycles. The number of thioether (sulfide) groups is 1. The van der Waals surface area contributed by atoms with E-state index >= 15 is 0 Å². The van der Waals surface area contributed by atoms with Crippen LogP contribution in [0.1, 0.15) is 20.3 Å². The summed E-state index contributed by atoms with van der Waals surface area (Å²) in [5, 5.41) is 10.8. The van der Waals surface area contributed by atoms with Crippen molar-refractivity contribution < 1.29 is 9.84 Å². The van der Waals surface area contributed by atoms with Gasteiger partial charge < -0.3 is 14.8 Å². The largest absolute Gasteiger partial charge is 0.497 e. The maximum absolute atomic E-state index is 9.96. The number of imidazole rings is 1. The molecule has 0 aliphatic carbocycles. The molecule has 2 rings (SSSR count). The Labute approximate surface area is 111 Å². The number of rotatable bonds is 5. The number of methoxy groups -OCH3 is 1. The van der Waals surface area contributed by atoms with Gasteiger partial charge in [-0.05, 0) is 25.5 Å². The molecule has 2 aromatic rings. The molecule has 0 spiro atoms. The number of aromatic nitrogens is 2. The lowest BCUT2D eigenvalue weighted by atomic mass is 10.1. The lowest BCUT2D eigenvalue weighted by Crippen LogP contribution is -2.25. The number of nitrogens with one attached hydrogen (secondary N) is 1. The molecule has 98 valence electrons. The average molecular weight is 266 g/mol. The number of hydrogen-bond donors (Lipinski definition) is 2. The molecule has 0 saturated heterocycles. The first-order valence-electron chi connectivity index (χ1n) is 5.93. The van der Waals surface area contributed by atoms with Crippen molar-refractivity contribution in [2.24, 2.45) is 0 Å².